The van der Waals surface area contributed by atoms with Gasteiger partial charge in [-0.2, -0.15) is 0 Å². The number of carbonyl (C=O) groups excluding carboxylic acids is 1. The molecule has 0 radical (unpaired) electrons. The molecule has 0 aliphatic heterocycles. The Morgan fingerprint density at radius 3 is 2.28 bits per heavy atom. The molecule has 2 nitrogen and oxygen atoms in total. The van der Waals surface area contributed by atoms with Crippen molar-refractivity contribution in [1.82, 2.24) is 4.90 Å². The molecule has 0 aromatic carbocycles. The van der Waals surface area contributed by atoms with Crippen LogP contribution in [0.25, 0.3) is 0 Å². The van der Waals surface area contributed by atoms with Gasteiger partial charge in [-0.3, -0.25) is 4.79 Å². The number of thiophene rings is 1. The fraction of sp³-hybridized carbons (Fsp3) is 0.615. The molecule has 0 unspecified atom stereocenters. The monoisotopic (exact) mass is 301 g/mol. The van der Waals surface area contributed by atoms with Crippen LogP contribution >= 0.6 is 23.1 Å². The van der Waals surface area contributed by atoms with Gasteiger partial charge >= 0.3 is 0 Å². The van der Waals surface area contributed by atoms with Gasteiger partial charge in [0.1, 0.15) is 4.88 Å². The molecule has 1 amide bonds. The number of rotatable bonds is 5. The summed E-state index contributed by atoms with van der Waals surface area (Å²) in [5, 5.41) is 0. The van der Waals surface area contributed by atoms with E-state index >= 15 is 0 Å². The molecular weight excluding hydrogens is 278 g/mol. The molecule has 0 aliphatic rings. The van der Waals surface area contributed by atoms with Gasteiger partial charge in [-0.15, -0.1) is 23.1 Å². The van der Waals surface area contributed by atoms with Crippen LogP contribution in [-0.2, 0) is 0 Å². The Morgan fingerprint density at radius 2 is 1.89 bits per heavy atom. The number of hydrogen-bond acceptors (Lipinski definition) is 3. The number of thioether (sulfide) groups is 1. The minimum Gasteiger partial charge on any atom is -0.338 e. The number of nitrogens with zero attached hydrogens (tertiary/aromatic N) is 1. The van der Waals surface area contributed by atoms with Gasteiger partial charge in [-0.05, 0) is 30.7 Å². The molecule has 102 valence electrons. The third-order valence-corrected chi connectivity index (χ3v) is 8.50. The molecule has 0 fully saturated rings. The third kappa shape index (κ3) is 3.39. The van der Waals surface area contributed by atoms with Crippen LogP contribution in [0.1, 0.15) is 23.5 Å². The summed E-state index contributed by atoms with van der Waals surface area (Å²) in [6.07, 6.45) is 2.05. The Kier molecular flexibility index (Phi) is 5.49. The Bertz CT molecular complexity index is 419. The average Bonchev–Trinajstić information content (AvgIpc) is 2.73. The smallest absolute Gasteiger partial charge is 0.265 e. The fourth-order valence-electron chi connectivity index (χ4n) is 1.70. The molecule has 1 heterocycles. The minimum absolute atomic E-state index is 0.193. The summed E-state index contributed by atoms with van der Waals surface area (Å²) in [4.78, 5) is 16.4. The summed E-state index contributed by atoms with van der Waals surface area (Å²) in [7, 11) is -1.33. The molecule has 18 heavy (non-hydrogen) atoms. The molecule has 1 aromatic rings. The largest absolute Gasteiger partial charge is 0.338 e. The summed E-state index contributed by atoms with van der Waals surface area (Å²) < 4.78 is 1.42. The van der Waals surface area contributed by atoms with E-state index in [1.165, 1.54) is 4.50 Å². The lowest BCUT2D eigenvalue weighted by molar-refractivity contribution is 0.0775. The maximum atomic E-state index is 12.5. The number of amides is 1. The molecule has 0 spiro atoms. The van der Waals surface area contributed by atoms with E-state index in [0.717, 1.165) is 22.9 Å². The lowest BCUT2D eigenvalue weighted by Crippen LogP contribution is -2.35. The second kappa shape index (κ2) is 6.26. The van der Waals surface area contributed by atoms with Gasteiger partial charge in [0.2, 0.25) is 0 Å². The molecule has 0 saturated heterocycles. The van der Waals surface area contributed by atoms with E-state index in [-0.39, 0.29) is 5.91 Å². The molecule has 0 bridgehead atoms. The molecular formula is C13H23NOS2Si. The van der Waals surface area contributed by atoms with Crippen molar-refractivity contribution in [2.24, 2.45) is 0 Å². The standard InChI is InChI=1S/C13H23NOS2Si/c1-7-14(8-2)13(15)12-10(16-3)9-11(17-12)18(4,5)6/h9H,7-8H2,1-6H3. The highest BCUT2D eigenvalue weighted by molar-refractivity contribution is 7.98. The zero-order chi connectivity index (χ0) is 13.9. The SMILES string of the molecule is CCN(CC)C(=O)c1sc([Si](C)(C)C)cc1SC. The van der Waals surface area contributed by atoms with E-state index in [2.05, 4.69) is 32.0 Å². The highest BCUT2D eigenvalue weighted by Gasteiger charge is 2.25. The maximum Gasteiger partial charge on any atom is 0.265 e. The minimum atomic E-state index is -1.33. The normalized spacial score (nSPS) is 11.7. The third-order valence-electron chi connectivity index (χ3n) is 2.90. The second-order valence-corrected chi connectivity index (χ2v) is 12.5. The Labute approximate surface area is 120 Å². The molecule has 1 aromatic heterocycles. The predicted molar refractivity (Wildman–Crippen MR) is 86.3 cm³/mol. The Hall–Kier alpha value is -0.263. The van der Waals surface area contributed by atoms with Crippen molar-refractivity contribution in [3.63, 3.8) is 0 Å². The van der Waals surface area contributed by atoms with Crippen molar-refractivity contribution < 1.29 is 4.79 Å². The molecule has 0 saturated carbocycles. The van der Waals surface area contributed by atoms with Gasteiger partial charge in [0, 0.05) is 18.0 Å². The van der Waals surface area contributed by atoms with Crippen LogP contribution in [-0.4, -0.2) is 38.2 Å². The lowest BCUT2D eigenvalue weighted by atomic mass is 10.4. The number of carbonyl (C=O) groups is 1. The highest BCUT2D eigenvalue weighted by atomic mass is 32.2. The first kappa shape index (κ1) is 15.8. The van der Waals surface area contributed by atoms with Gasteiger partial charge in [-0.25, -0.2) is 0 Å². The number of hydrogen-bond donors (Lipinski definition) is 0. The van der Waals surface area contributed by atoms with Crippen LogP contribution in [0.15, 0.2) is 11.0 Å². The van der Waals surface area contributed by atoms with Gasteiger partial charge in [0.05, 0.1) is 8.07 Å². The Balaban J connectivity index is 3.16. The molecule has 0 aliphatic carbocycles. The lowest BCUT2D eigenvalue weighted by Gasteiger charge is -2.18. The molecule has 0 N–H and O–H groups in total. The van der Waals surface area contributed by atoms with Gasteiger partial charge in [0.15, 0.2) is 0 Å². The van der Waals surface area contributed by atoms with E-state index in [9.17, 15) is 4.79 Å². The topological polar surface area (TPSA) is 20.3 Å². The average molecular weight is 302 g/mol. The highest BCUT2D eigenvalue weighted by Crippen LogP contribution is 2.27. The van der Waals surface area contributed by atoms with Crippen LogP contribution in [0.4, 0.5) is 0 Å². The first-order chi connectivity index (χ1) is 8.35. The summed E-state index contributed by atoms with van der Waals surface area (Å²) in [6, 6.07) is 2.23. The van der Waals surface area contributed by atoms with Crippen LogP contribution in [0.5, 0.6) is 0 Å². The molecule has 0 atom stereocenters. The summed E-state index contributed by atoms with van der Waals surface area (Å²) in [5.41, 5.74) is 0. The van der Waals surface area contributed by atoms with Gasteiger partial charge < -0.3 is 4.90 Å². The predicted octanol–water partition coefficient (Wildman–Crippen LogP) is 3.50. The van der Waals surface area contributed by atoms with Crippen molar-refractivity contribution in [1.29, 1.82) is 0 Å². The first-order valence-electron chi connectivity index (χ1n) is 6.32. The quantitative estimate of drug-likeness (QED) is 0.613. The summed E-state index contributed by atoms with van der Waals surface area (Å²) in [5.74, 6) is 0.193. The van der Waals surface area contributed by atoms with Gasteiger partial charge in [-0.1, -0.05) is 19.6 Å². The van der Waals surface area contributed by atoms with E-state index in [0.29, 0.717) is 0 Å². The van der Waals surface area contributed by atoms with Gasteiger partial charge in [0.25, 0.3) is 5.91 Å². The van der Waals surface area contributed by atoms with Crippen molar-refractivity contribution in [2.45, 2.75) is 38.4 Å². The van der Waals surface area contributed by atoms with E-state index in [4.69, 9.17) is 0 Å². The summed E-state index contributed by atoms with van der Waals surface area (Å²) in [6.45, 7) is 12.6. The fourth-order valence-corrected chi connectivity index (χ4v) is 5.64. The maximum absolute atomic E-state index is 12.5. The summed E-state index contributed by atoms with van der Waals surface area (Å²) >= 11 is 3.39. The van der Waals surface area contributed by atoms with E-state index < -0.39 is 8.07 Å². The van der Waals surface area contributed by atoms with Crippen molar-refractivity contribution in [3.8, 4) is 0 Å². The van der Waals surface area contributed by atoms with Crippen LogP contribution in [0.3, 0.4) is 0 Å². The second-order valence-electron chi connectivity index (χ2n) is 5.24. The molecule has 1 rings (SSSR count). The van der Waals surface area contributed by atoms with Crippen molar-refractivity contribution in [2.75, 3.05) is 19.3 Å². The van der Waals surface area contributed by atoms with Crippen LogP contribution in [0, 0.1) is 0 Å². The van der Waals surface area contributed by atoms with Crippen LogP contribution < -0.4 is 4.50 Å². The van der Waals surface area contributed by atoms with Crippen molar-refractivity contribution >= 4 is 41.6 Å². The Morgan fingerprint density at radius 1 is 1.33 bits per heavy atom. The zero-order valence-corrected chi connectivity index (χ0v) is 14.8. The van der Waals surface area contributed by atoms with E-state index in [1.807, 2.05) is 18.7 Å². The van der Waals surface area contributed by atoms with Crippen molar-refractivity contribution in [3.05, 3.63) is 10.9 Å². The molecule has 5 heteroatoms. The van der Waals surface area contributed by atoms with E-state index in [1.54, 1.807) is 23.1 Å². The first-order valence-corrected chi connectivity index (χ1v) is 11.9. The van der Waals surface area contributed by atoms with Crippen LogP contribution in [0.2, 0.25) is 19.6 Å². The zero-order valence-electron chi connectivity index (χ0n) is 12.2.